The smallest absolute Gasteiger partial charge is 0.323 e. The van der Waals surface area contributed by atoms with Crippen molar-refractivity contribution in [1.29, 1.82) is 0 Å². The predicted molar refractivity (Wildman–Crippen MR) is 452 cm³/mol. The van der Waals surface area contributed by atoms with Crippen molar-refractivity contribution in [2.45, 2.75) is 232 Å². The van der Waals surface area contributed by atoms with Crippen LogP contribution in [0.25, 0.3) is 0 Å². The van der Waals surface area contributed by atoms with E-state index < -0.39 is 267 Å². The van der Waals surface area contributed by atoms with Crippen molar-refractivity contribution >= 4 is 77.4 Å². The third-order valence-electron chi connectivity index (χ3n) is 21.1. The molecular formula is C76H121F10N15O25P4. The number of esters is 4. The van der Waals surface area contributed by atoms with E-state index in [9.17, 15) is 71.4 Å². The molecule has 0 aromatic rings. The molecule has 0 aromatic heterocycles. The summed E-state index contributed by atoms with van der Waals surface area (Å²) >= 11 is 0. The molecule has 54 heteroatoms. The summed E-state index contributed by atoms with van der Waals surface area (Å²) in [5.41, 5.74) is 7.69. The third-order valence-corrected chi connectivity index (χ3v) is 27.1. The number of carbonyl (C=O) groups excluding carboxylic acids is 5. The first-order chi connectivity index (χ1) is 59.4. The van der Waals surface area contributed by atoms with E-state index in [-0.39, 0.29) is 41.3 Å². The van der Waals surface area contributed by atoms with Gasteiger partial charge in [-0.2, -0.15) is 0 Å². The molecule has 0 bridgehead atoms. The summed E-state index contributed by atoms with van der Waals surface area (Å²) in [6, 6.07) is -3.93. The lowest BCUT2D eigenvalue weighted by Gasteiger charge is -2.37. The van der Waals surface area contributed by atoms with E-state index in [4.69, 9.17) is 73.2 Å². The Hall–Kier alpha value is -7.54. The van der Waals surface area contributed by atoms with Crippen LogP contribution in [0.5, 0.6) is 0 Å². The Balaban J connectivity index is 0.000000307. The number of nitrogens with two attached hydrogens (primary N) is 3. The van der Waals surface area contributed by atoms with Gasteiger partial charge in [0.1, 0.15) is 53.3 Å². The Morgan fingerprint density at radius 1 is 0.438 bits per heavy atom. The molecule has 20 atom stereocenters. The van der Waals surface area contributed by atoms with Crippen LogP contribution < -0.4 is 42.9 Å². The minimum Gasteiger partial charge on any atom is -0.462 e. The summed E-state index contributed by atoms with van der Waals surface area (Å²) in [7, 11) is -14.6. The van der Waals surface area contributed by atoms with Crippen molar-refractivity contribution in [3.8, 4) is 0 Å². The zero-order valence-corrected chi connectivity index (χ0v) is 79.1. The molecule has 0 aliphatic carbocycles. The fraction of sp³-hybridized carbons (Fsp3) is 0.684. The van der Waals surface area contributed by atoms with Crippen LogP contribution in [-0.2, 0) is 98.2 Å². The van der Waals surface area contributed by atoms with Crippen LogP contribution in [-0.4, -0.2) is 288 Å². The Morgan fingerprint density at radius 2 is 0.669 bits per heavy atom. The van der Waals surface area contributed by atoms with Gasteiger partial charge in [0.2, 0.25) is 24.9 Å². The van der Waals surface area contributed by atoms with Crippen LogP contribution in [0.3, 0.4) is 0 Å². The highest BCUT2D eigenvalue weighted by Crippen LogP contribution is 2.59. The summed E-state index contributed by atoms with van der Waals surface area (Å²) < 4.78 is 265. The molecule has 0 radical (unpaired) electrons. The van der Waals surface area contributed by atoms with Crippen molar-refractivity contribution in [2.75, 3.05) is 79.5 Å². The minimum atomic E-state index is -3.74. The lowest BCUT2D eigenvalue weighted by atomic mass is 9.80. The van der Waals surface area contributed by atoms with Crippen LogP contribution >= 0.6 is 30.1 Å². The topological polar surface area (TPSA) is 534 Å². The van der Waals surface area contributed by atoms with Crippen LogP contribution in [0.4, 0.5) is 43.9 Å². The van der Waals surface area contributed by atoms with Crippen LogP contribution in [0.1, 0.15) is 111 Å². The average molecular weight is 1960 g/mol. The van der Waals surface area contributed by atoms with Gasteiger partial charge in [-0.05, 0) is 117 Å². The number of alkyl halides is 8. The number of carbonyl (C=O) groups is 5. The standard InChI is InChI=1S/2C19H30F3N4O6P.C19H31F2N4O6P.C19H30F2N3O7P/c2*1-10(2)31-16(28)11(3)25-33(6,29)30-8-14-18(5,9-27)19(21,22)17(32-14)26-7-13(20)15(23)24-12(26)4;1-11(2)30-16(27)12(3)24-32(6,28)29-9-14-18(5,10-26)19(20,21)17(31-14)25-8-7-15(22)23-13(25)4;1-11(2)30-16(27)12(3)23-32(6,28)29-9-14-18(5,10-25)19(20,21)17(31-14)24-8-7-15(26)22-13(24)4/h2*7,10-11,14,17,27H,4,8-9H2,1-3,5-6H3,(H2,23,24)(H,25,29);7-8,11-12,14,17,26H,4,9-10H2,1-3,5-6H3,(H2,22,23)(H,24,28);7-8,11-12,14,17,25H,4,9-10H2,1-3,5-6H3,(H,22,26)(H,23,28)/t11-,14+,17+,18-,33?;11-,14+,17-,18-,33?;2*12-,14+,17+,18-,32?/m0000/s1. The molecule has 8 aliphatic heterocycles. The summed E-state index contributed by atoms with van der Waals surface area (Å²) in [4.78, 5) is 73.5. The molecular weight excluding hydrogens is 1840 g/mol. The number of ether oxygens (including phenoxy) is 8. The van der Waals surface area contributed by atoms with E-state index in [2.05, 4.69) is 67.0 Å². The number of halogens is 10. The van der Waals surface area contributed by atoms with Crippen molar-refractivity contribution in [3.05, 3.63) is 98.2 Å². The van der Waals surface area contributed by atoms with E-state index in [0.29, 0.717) is 22.2 Å². The number of rotatable bonds is 36. The van der Waals surface area contributed by atoms with Gasteiger partial charge in [0.15, 0.2) is 23.3 Å². The maximum absolute atomic E-state index is 15.3. The van der Waals surface area contributed by atoms with Crippen molar-refractivity contribution in [2.24, 2.45) is 53.8 Å². The summed E-state index contributed by atoms with van der Waals surface area (Å²) in [6.45, 7) is 35.9. The highest BCUT2D eigenvalue weighted by molar-refractivity contribution is 7.57. The first-order valence-corrected chi connectivity index (χ1v) is 48.4. The highest BCUT2D eigenvalue weighted by atomic mass is 31.2. The molecule has 0 saturated carbocycles. The number of aliphatic hydroxyl groups excluding tert-OH is 4. The summed E-state index contributed by atoms with van der Waals surface area (Å²) in [5.74, 6) is -21.6. The van der Waals surface area contributed by atoms with Crippen molar-refractivity contribution in [1.82, 2.24) is 45.3 Å². The molecule has 740 valence electrons. The number of nitrogens with one attached hydrogen (secondary N) is 5. The Morgan fingerprint density at radius 3 is 0.900 bits per heavy atom. The van der Waals surface area contributed by atoms with Gasteiger partial charge >= 0.3 is 47.6 Å². The Bertz CT molecular complexity index is 4450. The average Bonchev–Trinajstić information content (AvgIpc) is 1.59. The number of amidine groups is 3. The second-order valence-electron chi connectivity index (χ2n) is 33.5. The van der Waals surface area contributed by atoms with E-state index in [1.807, 2.05) is 0 Å². The van der Waals surface area contributed by atoms with Crippen LogP contribution in [0.15, 0.2) is 113 Å². The van der Waals surface area contributed by atoms with Gasteiger partial charge in [-0.25, -0.2) is 79.2 Å². The molecule has 0 aromatic carbocycles. The number of hydrogen-bond acceptors (Lipinski definition) is 35. The van der Waals surface area contributed by atoms with Gasteiger partial charge in [-0.3, -0.25) is 52.0 Å². The zero-order chi connectivity index (χ0) is 99.7. The number of hydrogen-bond donors (Lipinski definition) is 12. The molecule has 8 rings (SSSR count). The largest absolute Gasteiger partial charge is 0.462 e. The molecule has 40 nitrogen and oxygen atoms in total. The minimum absolute atomic E-state index is 0.0585. The van der Waals surface area contributed by atoms with Crippen molar-refractivity contribution < 1.29 is 163 Å². The van der Waals surface area contributed by atoms with E-state index >= 15 is 35.1 Å². The molecule has 4 unspecified atom stereocenters. The molecule has 130 heavy (non-hydrogen) atoms. The molecule has 4 saturated heterocycles. The fourth-order valence-electron chi connectivity index (χ4n) is 13.0. The number of aliphatic imine (C=N–C) groups is 3. The fourth-order valence-corrected chi connectivity index (χ4v) is 18.2. The van der Waals surface area contributed by atoms with Crippen LogP contribution in [0.2, 0.25) is 0 Å². The number of aliphatic hydroxyl groups is 4. The second-order valence-corrected chi connectivity index (χ2v) is 42.4. The molecule has 15 N–H and O–H groups in total. The maximum Gasteiger partial charge on any atom is 0.323 e. The van der Waals surface area contributed by atoms with Gasteiger partial charge in [-0.15, -0.1) is 0 Å². The van der Waals surface area contributed by atoms with Gasteiger partial charge < -0.3 is 109 Å². The number of nitrogens with zero attached hydrogens (tertiary/aromatic N) is 7. The summed E-state index contributed by atoms with van der Waals surface area (Å²) in [6.07, 6.45) is -9.03. The van der Waals surface area contributed by atoms with Gasteiger partial charge in [0.05, 0.1) is 123 Å². The normalized spacial score (nSPS) is 30.1. The maximum atomic E-state index is 15.3. The van der Waals surface area contributed by atoms with Crippen molar-refractivity contribution in [3.63, 3.8) is 0 Å². The van der Waals surface area contributed by atoms with Gasteiger partial charge in [-0.1, -0.05) is 26.3 Å². The molecule has 0 spiro atoms. The third kappa shape index (κ3) is 26.5. The lowest BCUT2D eigenvalue weighted by Crippen LogP contribution is -2.53. The second kappa shape index (κ2) is 43.9. The Kier molecular flexibility index (Phi) is 38.1. The highest BCUT2D eigenvalue weighted by Gasteiger charge is 2.73. The quantitative estimate of drug-likeness (QED) is 0.0125. The number of amides is 1. The molecule has 4 fully saturated rings. The monoisotopic (exact) mass is 1960 g/mol. The van der Waals surface area contributed by atoms with E-state index in [1.165, 1.54) is 53.3 Å². The van der Waals surface area contributed by atoms with Gasteiger partial charge in [0.25, 0.3) is 36.0 Å². The Labute approximate surface area is 746 Å². The van der Waals surface area contributed by atoms with Gasteiger partial charge in [0, 0.05) is 57.5 Å². The van der Waals surface area contributed by atoms with E-state index in [1.54, 1.807) is 55.4 Å². The summed E-state index contributed by atoms with van der Waals surface area (Å²) in [5, 5.41) is 51.5. The lowest BCUT2D eigenvalue weighted by molar-refractivity contribution is -0.163. The molecule has 8 heterocycles. The van der Waals surface area contributed by atoms with Crippen LogP contribution in [0, 0.1) is 21.7 Å². The molecule has 8 aliphatic rings. The SMILES string of the molecule is C=C1N=C(N)C(F)=CN1[C@@H]1O[C@H](COP(C)(=O)N[C@@H](C)C(=O)OC(C)C)[C@](C)(CO)C1(F)F.C=C1N=C(N)C(F)=CN1[C@H]1O[C@H](COP(C)(=O)N[C@@H](C)C(=O)OC(C)C)[C@](C)(CO)C1(F)F.C=C1N=C(N)C=CN1[C@@H]1O[C@H](COP(C)(=O)N[C@@H](C)C(=O)OC(C)C)[C@](C)(CO)C1(F)F.C=C1NC(=O)C=CN1[C@@H]1O[C@H](COP(C)(=O)N[C@@H](C)C(=O)OC(C)C)[C@](C)(CO)C1(F)F. The van der Waals surface area contributed by atoms with E-state index in [0.717, 1.165) is 63.1 Å². The zero-order valence-electron chi connectivity index (χ0n) is 75.5. The molecule has 1 amide bonds. The first-order valence-electron chi connectivity index (χ1n) is 40.1. The first kappa shape index (κ1) is 113. The predicted octanol–water partition coefficient (Wildman–Crippen LogP) is 7.44.